The molecule has 1 aromatic carbocycles. The van der Waals surface area contributed by atoms with Gasteiger partial charge >= 0.3 is 0 Å². The molecule has 1 aliphatic heterocycles. The Morgan fingerprint density at radius 1 is 1.38 bits per heavy atom. The molecular formula is C15H18ClN5O3. The molecular weight excluding hydrogens is 334 g/mol. The summed E-state index contributed by atoms with van der Waals surface area (Å²) < 4.78 is 1.53. The van der Waals surface area contributed by atoms with Gasteiger partial charge in [0.25, 0.3) is 11.6 Å². The Morgan fingerprint density at radius 2 is 2.12 bits per heavy atom. The fraction of sp³-hybridized carbons (Fsp3) is 0.333. The number of benzene rings is 1. The van der Waals surface area contributed by atoms with E-state index in [1.165, 1.54) is 23.0 Å². The van der Waals surface area contributed by atoms with Gasteiger partial charge in [0.2, 0.25) is 0 Å². The molecule has 128 valence electrons. The van der Waals surface area contributed by atoms with Gasteiger partial charge in [-0.1, -0.05) is 0 Å². The van der Waals surface area contributed by atoms with Crippen LogP contribution in [0.2, 0.25) is 0 Å². The maximum atomic E-state index is 12.2. The lowest BCUT2D eigenvalue weighted by Crippen LogP contribution is -2.45. The van der Waals surface area contributed by atoms with Crippen molar-refractivity contribution in [3.05, 3.63) is 52.3 Å². The first kappa shape index (κ1) is 17.9. The molecule has 3 rings (SSSR count). The number of nitro benzene ring substituents is 1. The summed E-state index contributed by atoms with van der Waals surface area (Å²) in [5, 5.41) is 21.0. The molecule has 1 saturated heterocycles. The van der Waals surface area contributed by atoms with E-state index < -0.39 is 4.92 Å². The van der Waals surface area contributed by atoms with E-state index in [0.29, 0.717) is 11.3 Å². The Morgan fingerprint density at radius 3 is 2.75 bits per heavy atom. The third-order valence-electron chi connectivity index (χ3n) is 3.80. The van der Waals surface area contributed by atoms with Gasteiger partial charge < -0.3 is 10.6 Å². The first-order valence-electron chi connectivity index (χ1n) is 7.44. The van der Waals surface area contributed by atoms with Crippen LogP contribution in [0.4, 0.5) is 5.69 Å². The number of rotatable bonds is 4. The number of carbonyl (C=O) groups excluding carboxylic acids is 1. The zero-order valence-corrected chi connectivity index (χ0v) is 13.7. The maximum Gasteiger partial charge on any atom is 0.269 e. The predicted molar refractivity (Wildman–Crippen MR) is 90.8 cm³/mol. The number of piperidine rings is 1. The van der Waals surface area contributed by atoms with Gasteiger partial charge in [-0.05, 0) is 31.5 Å². The van der Waals surface area contributed by atoms with Gasteiger partial charge in [-0.15, -0.1) is 12.4 Å². The number of nitrogens with one attached hydrogen (secondary N) is 2. The number of amides is 1. The van der Waals surface area contributed by atoms with Crippen molar-refractivity contribution < 1.29 is 9.72 Å². The second-order valence-corrected chi connectivity index (χ2v) is 5.46. The molecule has 0 unspecified atom stereocenters. The molecule has 8 nitrogen and oxygen atoms in total. The lowest BCUT2D eigenvalue weighted by molar-refractivity contribution is -0.384. The summed E-state index contributed by atoms with van der Waals surface area (Å²) in [6.07, 6.45) is 5.13. The molecule has 1 aliphatic rings. The van der Waals surface area contributed by atoms with Gasteiger partial charge in [0.1, 0.15) is 0 Å². The molecule has 9 heteroatoms. The van der Waals surface area contributed by atoms with Crippen molar-refractivity contribution in [2.24, 2.45) is 0 Å². The maximum absolute atomic E-state index is 12.2. The molecule has 0 radical (unpaired) electrons. The zero-order chi connectivity index (χ0) is 16.2. The third-order valence-corrected chi connectivity index (χ3v) is 3.80. The highest BCUT2D eigenvalue weighted by Crippen LogP contribution is 2.15. The van der Waals surface area contributed by atoms with Crippen molar-refractivity contribution in [1.29, 1.82) is 0 Å². The predicted octanol–water partition coefficient (Wildman–Crippen LogP) is 1.68. The molecule has 1 atom stereocenters. The fourth-order valence-electron chi connectivity index (χ4n) is 2.55. The average molecular weight is 352 g/mol. The topological polar surface area (TPSA) is 102 Å². The van der Waals surface area contributed by atoms with E-state index >= 15 is 0 Å². The van der Waals surface area contributed by atoms with Crippen LogP contribution in [-0.2, 0) is 0 Å². The van der Waals surface area contributed by atoms with E-state index in [2.05, 4.69) is 15.7 Å². The molecule has 1 aromatic heterocycles. The second-order valence-electron chi connectivity index (χ2n) is 5.46. The molecule has 1 amide bonds. The average Bonchev–Trinajstić information content (AvgIpc) is 3.06. The number of aromatic nitrogens is 2. The van der Waals surface area contributed by atoms with Gasteiger partial charge in [0.15, 0.2) is 0 Å². The minimum atomic E-state index is -0.454. The van der Waals surface area contributed by atoms with E-state index in [4.69, 9.17) is 0 Å². The summed E-state index contributed by atoms with van der Waals surface area (Å²) in [6.45, 7) is 1.77. The van der Waals surface area contributed by atoms with Crippen LogP contribution in [0.3, 0.4) is 0 Å². The number of nitro groups is 1. The van der Waals surface area contributed by atoms with Crippen LogP contribution in [0.25, 0.3) is 5.69 Å². The van der Waals surface area contributed by atoms with Crippen molar-refractivity contribution in [3.63, 3.8) is 0 Å². The Labute approximate surface area is 144 Å². The lowest BCUT2D eigenvalue weighted by Gasteiger charge is -2.23. The molecule has 0 saturated carbocycles. The Balaban J connectivity index is 0.00000208. The van der Waals surface area contributed by atoms with Gasteiger partial charge in [0.05, 0.1) is 22.4 Å². The smallest absolute Gasteiger partial charge is 0.269 e. The fourth-order valence-corrected chi connectivity index (χ4v) is 2.55. The first-order valence-corrected chi connectivity index (χ1v) is 7.44. The minimum Gasteiger partial charge on any atom is -0.348 e. The van der Waals surface area contributed by atoms with E-state index in [1.807, 2.05) is 0 Å². The van der Waals surface area contributed by atoms with Gasteiger partial charge in [0, 0.05) is 30.9 Å². The van der Waals surface area contributed by atoms with Gasteiger partial charge in [-0.25, -0.2) is 4.68 Å². The van der Waals surface area contributed by atoms with Crippen LogP contribution < -0.4 is 10.6 Å². The Bertz CT molecular complexity index is 710. The SMILES string of the molecule is Cl.O=C(N[C@H]1CCCNC1)c1cnn(-c2ccc([N+](=O)[O-])cc2)c1. The Hall–Kier alpha value is -2.45. The van der Waals surface area contributed by atoms with E-state index in [1.54, 1.807) is 18.3 Å². The normalized spacial score (nSPS) is 16.9. The van der Waals surface area contributed by atoms with Crippen LogP contribution in [0, 0.1) is 10.1 Å². The largest absolute Gasteiger partial charge is 0.348 e. The van der Waals surface area contributed by atoms with Crippen molar-refractivity contribution in [2.75, 3.05) is 13.1 Å². The van der Waals surface area contributed by atoms with Crippen LogP contribution in [0.1, 0.15) is 23.2 Å². The first-order chi connectivity index (χ1) is 11.1. The van der Waals surface area contributed by atoms with Crippen molar-refractivity contribution in [3.8, 4) is 5.69 Å². The molecule has 24 heavy (non-hydrogen) atoms. The number of halogens is 1. The van der Waals surface area contributed by atoms with Crippen LogP contribution in [0.15, 0.2) is 36.7 Å². The van der Waals surface area contributed by atoms with Crippen molar-refractivity contribution in [2.45, 2.75) is 18.9 Å². The minimum absolute atomic E-state index is 0. The summed E-state index contributed by atoms with van der Waals surface area (Å²) in [4.78, 5) is 22.4. The highest BCUT2D eigenvalue weighted by Gasteiger charge is 2.17. The molecule has 0 spiro atoms. The molecule has 0 bridgehead atoms. The number of carbonyl (C=O) groups is 1. The zero-order valence-electron chi connectivity index (χ0n) is 12.8. The highest BCUT2D eigenvalue weighted by molar-refractivity contribution is 5.94. The van der Waals surface area contributed by atoms with Gasteiger partial charge in [-0.3, -0.25) is 14.9 Å². The third kappa shape index (κ3) is 4.09. The highest BCUT2D eigenvalue weighted by atomic mass is 35.5. The number of nitrogens with zero attached hydrogens (tertiary/aromatic N) is 3. The quantitative estimate of drug-likeness (QED) is 0.644. The molecule has 2 aromatic rings. The lowest BCUT2D eigenvalue weighted by atomic mass is 10.1. The molecule has 2 heterocycles. The van der Waals surface area contributed by atoms with E-state index in [9.17, 15) is 14.9 Å². The van der Waals surface area contributed by atoms with Crippen LogP contribution in [-0.4, -0.2) is 39.7 Å². The van der Waals surface area contributed by atoms with Crippen LogP contribution in [0.5, 0.6) is 0 Å². The van der Waals surface area contributed by atoms with Crippen molar-refractivity contribution in [1.82, 2.24) is 20.4 Å². The second kappa shape index (κ2) is 7.89. The summed E-state index contributed by atoms with van der Waals surface area (Å²) in [5.74, 6) is -0.160. The molecule has 0 aliphatic carbocycles. The molecule has 2 N–H and O–H groups in total. The van der Waals surface area contributed by atoms with Gasteiger partial charge in [-0.2, -0.15) is 5.10 Å². The summed E-state index contributed by atoms with van der Waals surface area (Å²) in [6, 6.07) is 6.14. The summed E-state index contributed by atoms with van der Waals surface area (Å²) in [7, 11) is 0. The number of hydrogen-bond acceptors (Lipinski definition) is 5. The van der Waals surface area contributed by atoms with E-state index in [0.717, 1.165) is 25.9 Å². The number of non-ortho nitro benzene ring substituents is 1. The van der Waals surface area contributed by atoms with Crippen molar-refractivity contribution >= 4 is 24.0 Å². The van der Waals surface area contributed by atoms with E-state index in [-0.39, 0.29) is 30.0 Å². The monoisotopic (exact) mass is 351 g/mol. The summed E-state index contributed by atoms with van der Waals surface area (Å²) in [5.41, 5.74) is 1.14. The summed E-state index contributed by atoms with van der Waals surface area (Å²) >= 11 is 0. The molecule has 1 fully saturated rings. The number of hydrogen-bond donors (Lipinski definition) is 2. The van der Waals surface area contributed by atoms with Crippen LogP contribution >= 0.6 is 12.4 Å². The standard InChI is InChI=1S/C15H17N5O3.ClH/c21-15(18-12-2-1-7-16-9-12)11-8-17-19(10-11)13-3-5-14(6-4-13)20(22)23;/h3-6,8,10,12,16H,1-2,7,9H2,(H,18,21);1H/t12-;/m0./s1. The Kier molecular flexibility index (Phi) is 5.88.